The van der Waals surface area contributed by atoms with Crippen molar-refractivity contribution in [2.24, 2.45) is 10.7 Å². The van der Waals surface area contributed by atoms with Gasteiger partial charge in [-0.1, -0.05) is 0 Å². The predicted molar refractivity (Wildman–Crippen MR) is 109 cm³/mol. The Morgan fingerprint density at radius 2 is 2.17 bits per heavy atom. The van der Waals surface area contributed by atoms with E-state index in [-0.39, 0.29) is 23.7 Å². The molecule has 4 rings (SSSR count). The lowest BCUT2D eigenvalue weighted by Gasteiger charge is -2.24. The van der Waals surface area contributed by atoms with E-state index in [1.165, 1.54) is 6.33 Å². The molecule has 154 valence electrons. The fourth-order valence-electron chi connectivity index (χ4n) is 3.42. The van der Waals surface area contributed by atoms with E-state index in [2.05, 4.69) is 53.9 Å². The highest BCUT2D eigenvalue weighted by Gasteiger charge is 2.29. The van der Waals surface area contributed by atoms with E-state index in [1.54, 1.807) is 6.34 Å². The Kier molecular flexibility index (Phi) is 4.92. The van der Waals surface area contributed by atoms with Crippen molar-refractivity contribution in [2.75, 3.05) is 18.5 Å². The zero-order chi connectivity index (χ0) is 20.6. The maximum Gasteiger partial charge on any atom is 0.279 e. The topological polar surface area (TPSA) is 152 Å². The number of imidazole rings is 1. The Balaban J connectivity index is 1.39. The molecule has 5 N–H and O–H groups in total. The Bertz CT molecular complexity index is 1090. The minimum absolute atomic E-state index is 0.0662. The van der Waals surface area contributed by atoms with Gasteiger partial charge in [0.15, 0.2) is 5.52 Å². The quantitative estimate of drug-likeness (QED) is 0.436. The van der Waals surface area contributed by atoms with E-state index in [1.807, 2.05) is 13.3 Å². The van der Waals surface area contributed by atoms with Crippen molar-refractivity contribution in [3.8, 4) is 0 Å². The molecule has 0 radical (unpaired) electrons. The van der Waals surface area contributed by atoms with Gasteiger partial charge in [-0.15, -0.1) is 0 Å². The normalized spacial score (nSPS) is 18.0. The minimum Gasteiger partial charge on any atom is -0.379 e. The summed E-state index contributed by atoms with van der Waals surface area (Å²) in [4.78, 5) is 27.5. The monoisotopic (exact) mass is 399 g/mol. The lowest BCUT2D eigenvalue weighted by molar-refractivity contribution is 0.0842. The van der Waals surface area contributed by atoms with E-state index in [9.17, 15) is 4.79 Å². The van der Waals surface area contributed by atoms with Crippen LogP contribution in [0.3, 0.4) is 0 Å². The molecule has 2 atom stereocenters. The van der Waals surface area contributed by atoms with E-state index in [0.29, 0.717) is 30.3 Å². The number of nitrogens with two attached hydrogens (primary N) is 1. The number of nitrogens with one attached hydrogen (secondary N) is 3. The molecule has 1 aliphatic rings. The van der Waals surface area contributed by atoms with Crippen LogP contribution in [0.4, 0.5) is 5.82 Å². The summed E-state index contributed by atoms with van der Waals surface area (Å²) >= 11 is 0. The molecule has 2 unspecified atom stereocenters. The van der Waals surface area contributed by atoms with E-state index < -0.39 is 5.54 Å². The minimum atomic E-state index is -0.878. The summed E-state index contributed by atoms with van der Waals surface area (Å²) in [5.41, 5.74) is 7.41. The number of nitrogens with zero attached hydrogens (tertiary/aromatic N) is 5. The van der Waals surface area contributed by atoms with Crippen LogP contribution in [0, 0.1) is 0 Å². The first-order chi connectivity index (χ1) is 13.9. The number of aromatic nitrogens is 6. The van der Waals surface area contributed by atoms with Gasteiger partial charge in [0.2, 0.25) is 0 Å². The van der Waals surface area contributed by atoms with Crippen LogP contribution in [0.1, 0.15) is 50.7 Å². The number of hydrogen-bond donors (Lipinski definition) is 4. The van der Waals surface area contributed by atoms with Crippen molar-refractivity contribution >= 4 is 23.2 Å². The summed E-state index contributed by atoms with van der Waals surface area (Å²) in [5.74, 6) is 0.976. The third-order valence-electron chi connectivity index (χ3n) is 5.00. The van der Waals surface area contributed by atoms with Crippen molar-refractivity contribution in [1.82, 2.24) is 29.7 Å². The molecule has 0 aliphatic carbocycles. The summed E-state index contributed by atoms with van der Waals surface area (Å²) in [6, 6.07) is 0.244. The van der Waals surface area contributed by atoms with Crippen LogP contribution in [0.15, 0.2) is 22.4 Å². The number of H-pyrrole nitrogens is 2. The number of fused-ring (bicyclic) bond motifs is 2. The molecule has 3 aromatic heterocycles. The highest BCUT2D eigenvalue weighted by atomic mass is 16.5. The second-order valence-electron chi connectivity index (χ2n) is 7.70. The molecule has 0 saturated heterocycles. The summed E-state index contributed by atoms with van der Waals surface area (Å²) in [6.07, 6.45) is 5.56. The fraction of sp³-hybridized carbons (Fsp3) is 0.500. The van der Waals surface area contributed by atoms with E-state index >= 15 is 0 Å². The predicted octanol–water partition coefficient (Wildman–Crippen LogP) is 1.20. The number of aromatic amines is 2. The second kappa shape index (κ2) is 7.41. The van der Waals surface area contributed by atoms with Crippen molar-refractivity contribution < 1.29 is 4.74 Å². The number of rotatable bonds is 7. The SMILES string of the molecule is CC(C)n1cnc2c1NC=NC2CCOCC(C)(N)c1[nH]nc2c(=O)[nH]cnc12. The molecular weight excluding hydrogens is 374 g/mol. The van der Waals surface area contributed by atoms with E-state index in [4.69, 9.17) is 10.5 Å². The average Bonchev–Trinajstić information content (AvgIpc) is 3.31. The standard InChI is InChI=1S/C18H25N9O2/c1-10(2)27-9-24-12-11(20-7-22-16(12)27)4-5-29-6-18(3,19)15-13-14(25-26-15)17(28)23-8-21-13/h7-11H,4-6,19H2,1-3H3,(H,20,22)(H,25,26)(H,21,23,28). The molecule has 29 heavy (non-hydrogen) atoms. The molecule has 0 saturated carbocycles. The van der Waals surface area contributed by atoms with Gasteiger partial charge in [0.1, 0.15) is 17.0 Å². The van der Waals surface area contributed by atoms with Crippen LogP contribution in [0.2, 0.25) is 0 Å². The fourth-order valence-corrected chi connectivity index (χ4v) is 3.42. The van der Waals surface area contributed by atoms with Crippen molar-refractivity contribution in [2.45, 2.75) is 44.8 Å². The summed E-state index contributed by atoms with van der Waals surface area (Å²) in [7, 11) is 0. The molecule has 3 aromatic rings. The third kappa shape index (κ3) is 3.54. The smallest absolute Gasteiger partial charge is 0.279 e. The van der Waals surface area contributed by atoms with Crippen molar-refractivity contribution in [3.63, 3.8) is 0 Å². The Labute approximate surface area is 166 Å². The molecule has 0 amide bonds. The molecule has 0 aromatic carbocycles. The first-order valence-electron chi connectivity index (χ1n) is 9.52. The van der Waals surface area contributed by atoms with Gasteiger partial charge in [0, 0.05) is 12.6 Å². The molecular formula is C18H25N9O2. The Morgan fingerprint density at radius 1 is 1.34 bits per heavy atom. The number of ether oxygens (including phenoxy) is 1. The second-order valence-corrected chi connectivity index (χ2v) is 7.70. The first-order valence-corrected chi connectivity index (χ1v) is 9.52. The van der Waals surface area contributed by atoms with Crippen LogP contribution in [-0.4, -0.2) is 49.3 Å². The first kappa shape index (κ1) is 19.3. The summed E-state index contributed by atoms with van der Waals surface area (Å²) in [5, 5.41) is 10.0. The lowest BCUT2D eigenvalue weighted by Crippen LogP contribution is -2.39. The van der Waals surface area contributed by atoms with Crippen LogP contribution in [-0.2, 0) is 10.3 Å². The van der Waals surface area contributed by atoms with Crippen molar-refractivity contribution in [1.29, 1.82) is 0 Å². The highest BCUT2D eigenvalue weighted by molar-refractivity contribution is 5.78. The van der Waals surface area contributed by atoms with Crippen LogP contribution in [0.5, 0.6) is 0 Å². The number of anilines is 1. The molecule has 0 spiro atoms. The average molecular weight is 399 g/mol. The molecule has 1 aliphatic heterocycles. The van der Waals surface area contributed by atoms with Gasteiger partial charge in [-0.2, -0.15) is 5.10 Å². The molecule has 11 heteroatoms. The van der Waals surface area contributed by atoms with Gasteiger partial charge >= 0.3 is 0 Å². The van der Waals surface area contributed by atoms with Crippen LogP contribution < -0.4 is 16.6 Å². The van der Waals surface area contributed by atoms with Gasteiger partial charge in [-0.05, 0) is 27.2 Å². The molecule has 0 bridgehead atoms. The van der Waals surface area contributed by atoms with E-state index in [0.717, 1.165) is 11.5 Å². The Morgan fingerprint density at radius 3 is 2.97 bits per heavy atom. The maximum absolute atomic E-state index is 11.8. The molecule has 4 heterocycles. The highest BCUT2D eigenvalue weighted by Crippen LogP contribution is 2.31. The zero-order valence-corrected chi connectivity index (χ0v) is 16.6. The Hall–Kier alpha value is -3.05. The van der Waals surface area contributed by atoms with Gasteiger partial charge in [0.25, 0.3) is 5.56 Å². The zero-order valence-electron chi connectivity index (χ0n) is 16.6. The summed E-state index contributed by atoms with van der Waals surface area (Å²) in [6.45, 7) is 6.73. The van der Waals surface area contributed by atoms with Gasteiger partial charge < -0.3 is 25.3 Å². The molecule has 11 nitrogen and oxygen atoms in total. The maximum atomic E-state index is 11.8. The largest absolute Gasteiger partial charge is 0.379 e. The third-order valence-corrected chi connectivity index (χ3v) is 5.00. The van der Waals surface area contributed by atoms with Gasteiger partial charge in [-0.25, -0.2) is 9.97 Å². The molecule has 0 fully saturated rings. The summed E-state index contributed by atoms with van der Waals surface area (Å²) < 4.78 is 7.94. The van der Waals surface area contributed by atoms with Crippen LogP contribution in [0.25, 0.3) is 11.0 Å². The van der Waals surface area contributed by atoms with Crippen molar-refractivity contribution in [3.05, 3.63) is 34.4 Å². The number of aliphatic imine (C=N–C) groups is 1. The van der Waals surface area contributed by atoms with Gasteiger partial charge in [-0.3, -0.25) is 14.9 Å². The lowest BCUT2D eigenvalue weighted by atomic mass is 9.99. The van der Waals surface area contributed by atoms with Gasteiger partial charge in [0.05, 0.1) is 42.9 Å². The number of hydrogen-bond acceptors (Lipinski definition) is 8. The van der Waals surface area contributed by atoms with Crippen LogP contribution >= 0.6 is 0 Å².